The zero-order chi connectivity index (χ0) is 13.1. The van der Waals surface area contributed by atoms with Crippen LogP contribution >= 0.6 is 39.1 Å². The normalized spacial score (nSPS) is 10.2. The van der Waals surface area contributed by atoms with E-state index < -0.39 is 5.91 Å². The standard InChI is InChI=1S/C10H5BrCl2N4O/c11-5-1-6(9(13)15-2-5)17-10(18)7-3-14-4-8(12)16-7/h1-4H,(H,17,18). The van der Waals surface area contributed by atoms with Crippen LogP contribution in [-0.2, 0) is 0 Å². The molecule has 2 aromatic heterocycles. The highest BCUT2D eigenvalue weighted by atomic mass is 79.9. The summed E-state index contributed by atoms with van der Waals surface area (Å²) in [6.45, 7) is 0. The van der Waals surface area contributed by atoms with E-state index in [0.29, 0.717) is 10.2 Å². The molecular formula is C10H5BrCl2N4O. The van der Waals surface area contributed by atoms with Gasteiger partial charge in [0, 0.05) is 10.7 Å². The number of pyridine rings is 1. The lowest BCUT2D eigenvalue weighted by atomic mass is 10.3. The lowest BCUT2D eigenvalue weighted by Gasteiger charge is -2.06. The molecule has 0 atom stereocenters. The molecular weight excluding hydrogens is 343 g/mol. The predicted molar refractivity (Wildman–Crippen MR) is 71.9 cm³/mol. The van der Waals surface area contributed by atoms with Gasteiger partial charge in [0.15, 0.2) is 5.15 Å². The molecule has 0 radical (unpaired) electrons. The van der Waals surface area contributed by atoms with Crippen molar-refractivity contribution in [2.24, 2.45) is 0 Å². The van der Waals surface area contributed by atoms with Crippen LogP contribution < -0.4 is 5.32 Å². The number of rotatable bonds is 2. The van der Waals surface area contributed by atoms with Crippen LogP contribution in [0.3, 0.4) is 0 Å². The largest absolute Gasteiger partial charge is 0.318 e. The number of hydrogen-bond donors (Lipinski definition) is 1. The minimum absolute atomic E-state index is 0.0959. The molecule has 92 valence electrons. The van der Waals surface area contributed by atoms with Gasteiger partial charge in [-0.05, 0) is 22.0 Å². The number of carbonyl (C=O) groups is 1. The van der Waals surface area contributed by atoms with E-state index in [1.807, 2.05) is 0 Å². The van der Waals surface area contributed by atoms with Crippen molar-refractivity contribution in [1.29, 1.82) is 0 Å². The van der Waals surface area contributed by atoms with Gasteiger partial charge in [-0.2, -0.15) is 0 Å². The summed E-state index contributed by atoms with van der Waals surface area (Å²) >= 11 is 14.7. The average Bonchev–Trinajstić information content (AvgIpc) is 2.34. The van der Waals surface area contributed by atoms with E-state index in [-0.39, 0.29) is 16.0 Å². The number of anilines is 1. The van der Waals surface area contributed by atoms with E-state index in [2.05, 4.69) is 36.2 Å². The first-order chi connectivity index (χ1) is 8.56. The summed E-state index contributed by atoms with van der Waals surface area (Å²) in [4.78, 5) is 23.4. The second kappa shape index (κ2) is 5.60. The fourth-order valence-electron chi connectivity index (χ4n) is 1.15. The predicted octanol–water partition coefficient (Wildman–Crippen LogP) is 3.19. The van der Waals surface area contributed by atoms with Crippen LogP contribution in [-0.4, -0.2) is 20.9 Å². The molecule has 2 aromatic rings. The van der Waals surface area contributed by atoms with E-state index >= 15 is 0 Å². The SMILES string of the molecule is O=C(Nc1cc(Br)cnc1Cl)c1cncc(Cl)n1. The monoisotopic (exact) mass is 346 g/mol. The highest BCUT2D eigenvalue weighted by Gasteiger charge is 2.11. The Bertz CT molecular complexity index is 608. The molecule has 0 spiro atoms. The summed E-state index contributed by atoms with van der Waals surface area (Å²) in [5, 5.41) is 2.89. The summed E-state index contributed by atoms with van der Waals surface area (Å²) in [5.41, 5.74) is 0.469. The molecule has 0 unspecified atom stereocenters. The fraction of sp³-hybridized carbons (Fsp3) is 0. The average molecular weight is 348 g/mol. The van der Waals surface area contributed by atoms with Gasteiger partial charge in [-0.1, -0.05) is 23.2 Å². The third-order valence-electron chi connectivity index (χ3n) is 1.89. The molecule has 2 heterocycles. The quantitative estimate of drug-likeness (QED) is 0.847. The van der Waals surface area contributed by atoms with Gasteiger partial charge in [0.25, 0.3) is 5.91 Å². The summed E-state index contributed by atoms with van der Waals surface area (Å²) in [7, 11) is 0. The Morgan fingerprint density at radius 2 is 2.06 bits per heavy atom. The number of carbonyl (C=O) groups excluding carboxylic acids is 1. The van der Waals surface area contributed by atoms with E-state index in [9.17, 15) is 4.79 Å². The Balaban J connectivity index is 2.24. The van der Waals surface area contributed by atoms with Crippen LogP contribution in [0.15, 0.2) is 29.1 Å². The molecule has 5 nitrogen and oxygen atoms in total. The number of nitrogens with zero attached hydrogens (tertiary/aromatic N) is 3. The third kappa shape index (κ3) is 3.16. The molecule has 1 amide bonds. The van der Waals surface area contributed by atoms with Crippen molar-refractivity contribution in [2.45, 2.75) is 0 Å². The maximum atomic E-state index is 11.9. The summed E-state index contributed by atoms with van der Waals surface area (Å²) in [6, 6.07) is 1.63. The van der Waals surface area contributed by atoms with Crippen molar-refractivity contribution >= 4 is 50.7 Å². The first kappa shape index (κ1) is 13.2. The number of aromatic nitrogens is 3. The number of hydrogen-bond acceptors (Lipinski definition) is 4. The van der Waals surface area contributed by atoms with Gasteiger partial charge in [0.05, 0.1) is 18.1 Å². The van der Waals surface area contributed by atoms with Gasteiger partial charge < -0.3 is 5.32 Å². The van der Waals surface area contributed by atoms with Crippen molar-refractivity contribution < 1.29 is 4.79 Å². The minimum atomic E-state index is -0.466. The summed E-state index contributed by atoms with van der Waals surface area (Å²) < 4.78 is 0.694. The van der Waals surface area contributed by atoms with Crippen LogP contribution in [0.1, 0.15) is 10.5 Å². The molecule has 0 aliphatic rings. The molecule has 18 heavy (non-hydrogen) atoms. The topological polar surface area (TPSA) is 67.8 Å². The van der Waals surface area contributed by atoms with Crippen LogP contribution in [0.2, 0.25) is 10.3 Å². The number of nitrogens with one attached hydrogen (secondary N) is 1. The molecule has 2 rings (SSSR count). The highest BCUT2D eigenvalue weighted by molar-refractivity contribution is 9.10. The van der Waals surface area contributed by atoms with E-state index in [1.165, 1.54) is 18.6 Å². The van der Waals surface area contributed by atoms with Crippen molar-refractivity contribution in [1.82, 2.24) is 15.0 Å². The summed E-state index contributed by atoms with van der Waals surface area (Å²) in [5.74, 6) is -0.466. The molecule has 0 aliphatic carbocycles. The zero-order valence-corrected chi connectivity index (χ0v) is 11.8. The van der Waals surface area contributed by atoms with E-state index in [1.54, 1.807) is 6.07 Å². The van der Waals surface area contributed by atoms with E-state index in [4.69, 9.17) is 23.2 Å². The Kier molecular flexibility index (Phi) is 4.11. The molecule has 0 bridgehead atoms. The Morgan fingerprint density at radius 3 is 2.78 bits per heavy atom. The lowest BCUT2D eigenvalue weighted by Crippen LogP contribution is -2.14. The second-order valence-corrected chi connectivity index (χ2v) is 4.83. The molecule has 0 aliphatic heterocycles. The van der Waals surface area contributed by atoms with Gasteiger partial charge in [0.1, 0.15) is 10.8 Å². The molecule has 0 aromatic carbocycles. The van der Waals surface area contributed by atoms with Gasteiger partial charge in [-0.15, -0.1) is 0 Å². The van der Waals surface area contributed by atoms with Crippen molar-refractivity contribution in [2.75, 3.05) is 5.32 Å². The smallest absolute Gasteiger partial charge is 0.276 e. The zero-order valence-electron chi connectivity index (χ0n) is 8.69. The number of halogens is 3. The molecule has 1 N–H and O–H groups in total. The first-order valence-electron chi connectivity index (χ1n) is 4.66. The first-order valence-corrected chi connectivity index (χ1v) is 6.21. The maximum Gasteiger partial charge on any atom is 0.276 e. The highest BCUT2D eigenvalue weighted by Crippen LogP contribution is 2.23. The lowest BCUT2D eigenvalue weighted by molar-refractivity contribution is 0.102. The van der Waals surface area contributed by atoms with Crippen molar-refractivity contribution in [3.8, 4) is 0 Å². The van der Waals surface area contributed by atoms with Crippen molar-refractivity contribution in [3.05, 3.63) is 45.1 Å². The van der Waals surface area contributed by atoms with Crippen LogP contribution in [0.5, 0.6) is 0 Å². The van der Waals surface area contributed by atoms with Crippen LogP contribution in [0.25, 0.3) is 0 Å². The molecule has 0 saturated carbocycles. The molecule has 8 heteroatoms. The summed E-state index contributed by atoms with van der Waals surface area (Å²) in [6.07, 6.45) is 4.17. The van der Waals surface area contributed by atoms with Gasteiger partial charge in [-0.25, -0.2) is 9.97 Å². The second-order valence-electron chi connectivity index (χ2n) is 3.17. The maximum absolute atomic E-state index is 11.9. The minimum Gasteiger partial charge on any atom is -0.318 e. The van der Waals surface area contributed by atoms with Crippen LogP contribution in [0.4, 0.5) is 5.69 Å². The van der Waals surface area contributed by atoms with Gasteiger partial charge in [0.2, 0.25) is 0 Å². The van der Waals surface area contributed by atoms with E-state index in [0.717, 1.165) is 0 Å². The van der Waals surface area contributed by atoms with Gasteiger partial charge in [-0.3, -0.25) is 9.78 Å². The fourth-order valence-corrected chi connectivity index (χ4v) is 1.78. The van der Waals surface area contributed by atoms with Crippen LogP contribution in [0, 0.1) is 0 Å². The van der Waals surface area contributed by atoms with Gasteiger partial charge >= 0.3 is 0 Å². The third-order valence-corrected chi connectivity index (χ3v) is 2.81. The Labute approximate surface area is 121 Å². The Morgan fingerprint density at radius 1 is 1.28 bits per heavy atom. The molecule has 0 saturated heterocycles. The Hall–Kier alpha value is -1.24. The van der Waals surface area contributed by atoms with Crippen molar-refractivity contribution in [3.63, 3.8) is 0 Å². The molecule has 0 fully saturated rings. The number of amides is 1.